The van der Waals surface area contributed by atoms with Gasteiger partial charge in [0, 0.05) is 30.8 Å². The first-order valence-electron chi connectivity index (χ1n) is 7.03. The van der Waals surface area contributed by atoms with Crippen LogP contribution in [-0.4, -0.2) is 13.6 Å². The van der Waals surface area contributed by atoms with Crippen molar-refractivity contribution in [2.75, 3.05) is 18.5 Å². The number of thiophene rings is 1. The number of hydrogen-bond acceptors (Lipinski definition) is 3. The minimum absolute atomic E-state index is 0.780. The van der Waals surface area contributed by atoms with Crippen LogP contribution in [0.15, 0.2) is 33.4 Å². The van der Waals surface area contributed by atoms with Gasteiger partial charge in [-0.2, -0.15) is 0 Å². The summed E-state index contributed by atoms with van der Waals surface area (Å²) in [5.41, 5.74) is 3.78. The van der Waals surface area contributed by atoms with Gasteiger partial charge in [0.1, 0.15) is 0 Å². The van der Waals surface area contributed by atoms with Crippen LogP contribution in [0.5, 0.6) is 0 Å². The third kappa shape index (κ3) is 4.99. The van der Waals surface area contributed by atoms with Crippen LogP contribution in [0, 0.1) is 0 Å². The fourth-order valence-corrected chi connectivity index (χ4v) is 3.60. The van der Waals surface area contributed by atoms with Gasteiger partial charge in [-0.1, -0.05) is 24.6 Å². The van der Waals surface area contributed by atoms with Crippen LogP contribution in [0.2, 0.25) is 5.02 Å². The van der Waals surface area contributed by atoms with E-state index < -0.39 is 0 Å². The van der Waals surface area contributed by atoms with Crippen LogP contribution in [0.4, 0.5) is 5.69 Å². The summed E-state index contributed by atoms with van der Waals surface area (Å²) in [6.07, 6.45) is 1.14. The largest absolute Gasteiger partial charge is 0.370 e. The van der Waals surface area contributed by atoms with Crippen molar-refractivity contribution in [3.63, 3.8) is 0 Å². The first kappa shape index (κ1) is 16.8. The second-order valence-corrected chi connectivity index (χ2v) is 7.79. The maximum atomic E-state index is 6.18. The number of halogens is 2. The van der Waals surface area contributed by atoms with Crippen LogP contribution in [0.3, 0.4) is 0 Å². The molecule has 0 amide bonds. The Bertz CT molecular complexity index is 585. The Morgan fingerprint density at radius 2 is 2.14 bits per heavy atom. The van der Waals surface area contributed by atoms with Crippen LogP contribution in [0.1, 0.15) is 24.5 Å². The highest BCUT2D eigenvalue weighted by molar-refractivity contribution is 9.11. The van der Waals surface area contributed by atoms with E-state index in [4.69, 9.17) is 11.6 Å². The van der Waals surface area contributed by atoms with Gasteiger partial charge in [-0.05, 0) is 63.6 Å². The van der Waals surface area contributed by atoms with Crippen molar-refractivity contribution >= 4 is 44.6 Å². The smallest absolute Gasteiger partial charge is 0.0701 e. The summed E-state index contributed by atoms with van der Waals surface area (Å²) in [6.45, 7) is 4.96. The lowest BCUT2D eigenvalue weighted by Gasteiger charge is -2.22. The minimum Gasteiger partial charge on any atom is -0.370 e. The van der Waals surface area contributed by atoms with E-state index >= 15 is 0 Å². The average molecular weight is 388 g/mol. The van der Waals surface area contributed by atoms with E-state index in [1.54, 1.807) is 11.3 Å². The summed E-state index contributed by atoms with van der Waals surface area (Å²) in [6, 6.07) is 8.29. The van der Waals surface area contributed by atoms with Gasteiger partial charge in [0.2, 0.25) is 0 Å². The van der Waals surface area contributed by atoms with Crippen LogP contribution < -0.4 is 10.2 Å². The molecule has 0 bridgehead atoms. The zero-order chi connectivity index (χ0) is 15.2. The zero-order valence-electron chi connectivity index (χ0n) is 12.3. The molecule has 0 saturated carbocycles. The van der Waals surface area contributed by atoms with Gasteiger partial charge in [0.25, 0.3) is 0 Å². The highest BCUT2D eigenvalue weighted by Crippen LogP contribution is 2.27. The third-order valence-electron chi connectivity index (χ3n) is 3.24. The lowest BCUT2D eigenvalue weighted by Crippen LogP contribution is -2.21. The van der Waals surface area contributed by atoms with Crippen molar-refractivity contribution in [3.05, 3.63) is 49.6 Å². The molecule has 0 unspecified atom stereocenters. The Hall–Kier alpha value is -0.550. The van der Waals surface area contributed by atoms with E-state index in [1.165, 1.54) is 20.6 Å². The van der Waals surface area contributed by atoms with Crippen LogP contribution >= 0.6 is 38.9 Å². The van der Waals surface area contributed by atoms with Crippen molar-refractivity contribution in [2.24, 2.45) is 0 Å². The van der Waals surface area contributed by atoms with E-state index in [-0.39, 0.29) is 0 Å². The Labute approximate surface area is 144 Å². The second-order valence-electron chi connectivity index (χ2n) is 5.06. The summed E-state index contributed by atoms with van der Waals surface area (Å²) >= 11 is 11.4. The molecule has 1 aromatic carbocycles. The Kier molecular flexibility index (Phi) is 6.55. The fourth-order valence-electron chi connectivity index (χ4n) is 2.23. The maximum absolute atomic E-state index is 6.18. The van der Waals surface area contributed by atoms with Gasteiger partial charge < -0.3 is 10.2 Å². The van der Waals surface area contributed by atoms with Gasteiger partial charge in [-0.25, -0.2) is 0 Å². The van der Waals surface area contributed by atoms with E-state index in [0.29, 0.717) is 0 Å². The summed E-state index contributed by atoms with van der Waals surface area (Å²) < 4.78 is 1.17. The van der Waals surface area contributed by atoms with Crippen molar-refractivity contribution in [3.8, 4) is 0 Å². The number of benzene rings is 1. The third-order valence-corrected chi connectivity index (χ3v) is 5.03. The van der Waals surface area contributed by atoms with Gasteiger partial charge in [-0.3, -0.25) is 0 Å². The Morgan fingerprint density at radius 1 is 1.33 bits per heavy atom. The molecule has 114 valence electrons. The molecular weight excluding hydrogens is 368 g/mol. The van der Waals surface area contributed by atoms with Crippen molar-refractivity contribution in [1.29, 1.82) is 0 Å². The molecule has 1 N–H and O–H groups in total. The quantitative estimate of drug-likeness (QED) is 0.648. The normalized spacial score (nSPS) is 10.9. The molecule has 21 heavy (non-hydrogen) atoms. The van der Waals surface area contributed by atoms with Crippen LogP contribution in [0.25, 0.3) is 0 Å². The van der Waals surface area contributed by atoms with Gasteiger partial charge in [0.05, 0.1) is 3.79 Å². The van der Waals surface area contributed by atoms with Gasteiger partial charge >= 0.3 is 0 Å². The number of nitrogens with zero attached hydrogens (tertiary/aromatic N) is 1. The molecule has 1 heterocycles. The number of rotatable bonds is 7. The predicted octanol–water partition coefficient (Wildman–Crippen LogP) is 5.30. The van der Waals surface area contributed by atoms with Crippen molar-refractivity contribution < 1.29 is 0 Å². The molecule has 0 atom stereocenters. The summed E-state index contributed by atoms with van der Waals surface area (Å²) in [7, 11) is 2.11. The van der Waals surface area contributed by atoms with E-state index in [2.05, 4.69) is 57.6 Å². The van der Waals surface area contributed by atoms with Gasteiger partial charge in [-0.15, -0.1) is 11.3 Å². The molecular formula is C16H20BrClN2S. The topological polar surface area (TPSA) is 15.3 Å². The van der Waals surface area contributed by atoms with Crippen molar-refractivity contribution in [1.82, 2.24) is 5.32 Å². The highest BCUT2D eigenvalue weighted by Gasteiger charge is 2.10. The predicted molar refractivity (Wildman–Crippen MR) is 97.6 cm³/mol. The van der Waals surface area contributed by atoms with E-state index in [0.717, 1.165) is 31.1 Å². The Morgan fingerprint density at radius 3 is 2.81 bits per heavy atom. The SMILES string of the molecule is CCCNCc1ccc(Cl)cc1N(C)Cc1csc(Br)c1. The standard InChI is InChI=1S/C16H20BrClN2S/c1-3-6-19-9-13-4-5-14(18)8-15(13)20(2)10-12-7-16(17)21-11-12/h4-5,7-8,11,19H,3,6,9-10H2,1-2H3. The molecule has 1 aromatic heterocycles. The maximum Gasteiger partial charge on any atom is 0.0701 e. The second kappa shape index (κ2) is 8.18. The molecule has 0 fully saturated rings. The number of hydrogen-bond donors (Lipinski definition) is 1. The molecule has 2 nitrogen and oxygen atoms in total. The summed E-state index contributed by atoms with van der Waals surface area (Å²) in [4.78, 5) is 2.25. The summed E-state index contributed by atoms with van der Waals surface area (Å²) in [5, 5.41) is 6.42. The molecule has 0 saturated heterocycles. The minimum atomic E-state index is 0.780. The average Bonchev–Trinajstić information content (AvgIpc) is 2.86. The summed E-state index contributed by atoms with van der Waals surface area (Å²) in [5.74, 6) is 0. The highest BCUT2D eigenvalue weighted by atomic mass is 79.9. The lowest BCUT2D eigenvalue weighted by atomic mass is 10.1. The first-order chi connectivity index (χ1) is 10.1. The Balaban J connectivity index is 2.13. The molecule has 0 radical (unpaired) electrons. The molecule has 0 aliphatic carbocycles. The molecule has 0 aliphatic heterocycles. The van der Waals surface area contributed by atoms with Gasteiger partial charge in [0.15, 0.2) is 0 Å². The van der Waals surface area contributed by atoms with Crippen molar-refractivity contribution in [2.45, 2.75) is 26.4 Å². The number of nitrogens with one attached hydrogen (secondary N) is 1. The molecule has 5 heteroatoms. The number of anilines is 1. The molecule has 0 spiro atoms. The molecule has 2 rings (SSSR count). The fraction of sp³-hybridized carbons (Fsp3) is 0.375. The monoisotopic (exact) mass is 386 g/mol. The molecule has 0 aliphatic rings. The van der Waals surface area contributed by atoms with E-state index in [1.807, 2.05) is 12.1 Å². The van der Waals surface area contributed by atoms with E-state index in [9.17, 15) is 0 Å². The zero-order valence-corrected chi connectivity index (χ0v) is 15.5. The first-order valence-corrected chi connectivity index (χ1v) is 9.08. The lowest BCUT2D eigenvalue weighted by molar-refractivity contribution is 0.674. The van der Waals surface area contributed by atoms with Crippen LogP contribution in [-0.2, 0) is 13.1 Å². The molecule has 2 aromatic rings.